The SMILES string of the molecule is CC1(C)CC(S(=O)(=O)C/C(=N/OCC(F)F)c2ccccc2)=NO1. The summed E-state index contributed by atoms with van der Waals surface area (Å²) in [5, 5.41) is 7.12. The highest BCUT2D eigenvalue weighted by atomic mass is 32.2. The van der Waals surface area contributed by atoms with Gasteiger partial charge < -0.3 is 9.68 Å². The number of hydrogen-bond acceptors (Lipinski definition) is 6. The fourth-order valence-corrected chi connectivity index (χ4v) is 3.46. The van der Waals surface area contributed by atoms with E-state index in [1.807, 2.05) is 0 Å². The molecule has 9 heteroatoms. The van der Waals surface area contributed by atoms with E-state index < -0.39 is 34.2 Å². The molecule has 0 N–H and O–H groups in total. The normalized spacial score (nSPS) is 17.5. The molecule has 132 valence electrons. The van der Waals surface area contributed by atoms with Gasteiger partial charge in [0.1, 0.15) is 17.1 Å². The second-order valence-corrected chi connectivity index (χ2v) is 7.85. The van der Waals surface area contributed by atoms with Crippen molar-refractivity contribution in [3.63, 3.8) is 0 Å². The zero-order valence-electron chi connectivity index (χ0n) is 13.3. The van der Waals surface area contributed by atoms with Crippen molar-refractivity contribution in [1.82, 2.24) is 0 Å². The average Bonchev–Trinajstić information content (AvgIpc) is 2.88. The van der Waals surface area contributed by atoms with Crippen LogP contribution < -0.4 is 0 Å². The van der Waals surface area contributed by atoms with Gasteiger partial charge in [0.15, 0.2) is 11.7 Å². The predicted molar refractivity (Wildman–Crippen MR) is 85.9 cm³/mol. The Morgan fingerprint density at radius 3 is 2.58 bits per heavy atom. The monoisotopic (exact) mass is 360 g/mol. The summed E-state index contributed by atoms with van der Waals surface area (Å²) in [7, 11) is -3.80. The third-order valence-electron chi connectivity index (χ3n) is 3.14. The summed E-state index contributed by atoms with van der Waals surface area (Å²) in [5.41, 5.74) is -0.198. The molecule has 0 atom stereocenters. The van der Waals surface area contributed by atoms with Crippen LogP contribution >= 0.6 is 0 Å². The molecule has 0 amide bonds. The number of nitrogens with zero attached hydrogens (tertiary/aromatic N) is 2. The highest BCUT2D eigenvalue weighted by molar-refractivity contribution is 8.07. The molecule has 1 aliphatic rings. The van der Waals surface area contributed by atoms with Gasteiger partial charge >= 0.3 is 0 Å². The largest absolute Gasteiger partial charge is 0.389 e. The first-order chi connectivity index (χ1) is 11.2. The number of benzene rings is 1. The Labute approximate surface area is 139 Å². The van der Waals surface area contributed by atoms with E-state index in [1.165, 1.54) is 0 Å². The number of hydrogen-bond donors (Lipinski definition) is 0. The molecular formula is C15H18F2N2O4S. The number of alkyl halides is 2. The maximum atomic E-state index is 12.5. The standard InChI is InChI=1S/C15H18F2N2O4S/c1-15(2)8-14(19-23-15)24(20,21)10-12(18-22-9-13(16)17)11-6-4-3-5-7-11/h3-7,13H,8-10H2,1-2H3/b18-12-. The van der Waals surface area contributed by atoms with Crippen molar-refractivity contribution in [3.8, 4) is 0 Å². The lowest BCUT2D eigenvalue weighted by molar-refractivity contribution is 0.0123. The Hall–Kier alpha value is -2.03. The minimum atomic E-state index is -3.80. The molecule has 1 aromatic rings. The van der Waals surface area contributed by atoms with Gasteiger partial charge in [-0.2, -0.15) is 0 Å². The quantitative estimate of drug-likeness (QED) is 0.577. The molecule has 0 radical (unpaired) electrons. The molecule has 2 rings (SSSR count). The third-order valence-corrected chi connectivity index (χ3v) is 4.73. The molecule has 0 fully saturated rings. The summed E-state index contributed by atoms with van der Waals surface area (Å²) in [4.78, 5) is 9.64. The van der Waals surface area contributed by atoms with Crippen molar-refractivity contribution in [1.29, 1.82) is 0 Å². The summed E-state index contributed by atoms with van der Waals surface area (Å²) >= 11 is 0. The summed E-state index contributed by atoms with van der Waals surface area (Å²) in [6.07, 6.45) is -2.56. The van der Waals surface area contributed by atoms with E-state index in [1.54, 1.807) is 44.2 Å². The molecule has 0 bridgehead atoms. The number of rotatable bonds is 6. The van der Waals surface area contributed by atoms with Crippen LogP contribution in [-0.4, -0.2) is 43.6 Å². The van der Waals surface area contributed by atoms with Crippen LogP contribution in [0.5, 0.6) is 0 Å². The lowest BCUT2D eigenvalue weighted by Crippen LogP contribution is -2.27. The van der Waals surface area contributed by atoms with Crippen molar-refractivity contribution >= 4 is 20.6 Å². The fourth-order valence-electron chi connectivity index (χ4n) is 2.00. The van der Waals surface area contributed by atoms with E-state index >= 15 is 0 Å². The van der Waals surface area contributed by atoms with E-state index in [2.05, 4.69) is 15.1 Å². The highest BCUT2D eigenvalue weighted by Gasteiger charge is 2.36. The van der Waals surface area contributed by atoms with Crippen LogP contribution in [0.3, 0.4) is 0 Å². The van der Waals surface area contributed by atoms with E-state index in [0.29, 0.717) is 5.56 Å². The first-order valence-electron chi connectivity index (χ1n) is 7.20. The number of sulfone groups is 1. The molecule has 0 saturated carbocycles. The first kappa shape index (κ1) is 18.3. The molecule has 0 aliphatic carbocycles. The maximum Gasteiger partial charge on any atom is 0.274 e. The van der Waals surface area contributed by atoms with E-state index in [4.69, 9.17) is 4.84 Å². The molecule has 1 aliphatic heterocycles. The topological polar surface area (TPSA) is 77.3 Å². The van der Waals surface area contributed by atoms with Crippen LogP contribution in [0, 0.1) is 0 Å². The molecule has 24 heavy (non-hydrogen) atoms. The molecule has 6 nitrogen and oxygen atoms in total. The second-order valence-electron chi connectivity index (χ2n) is 5.86. The maximum absolute atomic E-state index is 12.5. The average molecular weight is 360 g/mol. The van der Waals surface area contributed by atoms with Crippen LogP contribution in [0.25, 0.3) is 0 Å². The van der Waals surface area contributed by atoms with E-state index in [9.17, 15) is 17.2 Å². The lowest BCUT2D eigenvalue weighted by Gasteiger charge is -2.13. The van der Waals surface area contributed by atoms with Gasteiger partial charge in [-0.15, -0.1) is 0 Å². The summed E-state index contributed by atoms with van der Waals surface area (Å²) in [6, 6.07) is 8.36. The van der Waals surface area contributed by atoms with Crippen molar-refractivity contribution in [2.24, 2.45) is 10.3 Å². The van der Waals surface area contributed by atoms with Crippen molar-refractivity contribution in [2.75, 3.05) is 12.4 Å². The van der Waals surface area contributed by atoms with Gasteiger partial charge in [0.25, 0.3) is 6.43 Å². The van der Waals surface area contributed by atoms with Gasteiger partial charge in [-0.05, 0) is 13.8 Å². The smallest absolute Gasteiger partial charge is 0.274 e. The van der Waals surface area contributed by atoms with Gasteiger partial charge in [0.05, 0.1) is 0 Å². The summed E-state index contributed by atoms with van der Waals surface area (Å²) < 4.78 is 49.4. The van der Waals surface area contributed by atoms with Gasteiger partial charge in [-0.25, -0.2) is 17.2 Å². The van der Waals surface area contributed by atoms with Crippen LogP contribution in [-0.2, 0) is 19.5 Å². The van der Waals surface area contributed by atoms with Gasteiger partial charge in [0, 0.05) is 12.0 Å². The first-order valence-corrected chi connectivity index (χ1v) is 8.85. The highest BCUT2D eigenvalue weighted by Crippen LogP contribution is 2.25. The van der Waals surface area contributed by atoms with E-state index in [-0.39, 0.29) is 17.2 Å². The van der Waals surface area contributed by atoms with E-state index in [0.717, 1.165) is 0 Å². The molecule has 1 heterocycles. The number of halogens is 2. The van der Waals surface area contributed by atoms with Gasteiger partial charge in [0.2, 0.25) is 9.84 Å². The van der Waals surface area contributed by atoms with Crippen LogP contribution in [0.1, 0.15) is 25.8 Å². The minimum absolute atomic E-state index is 0.0312. The fraction of sp³-hybridized carbons (Fsp3) is 0.467. The lowest BCUT2D eigenvalue weighted by atomic mass is 10.1. The van der Waals surface area contributed by atoms with Gasteiger partial charge in [-0.3, -0.25) is 0 Å². The summed E-state index contributed by atoms with van der Waals surface area (Å²) in [5.74, 6) is -0.515. The molecule has 0 unspecified atom stereocenters. The molecule has 0 aromatic heterocycles. The van der Waals surface area contributed by atoms with Crippen molar-refractivity contribution in [2.45, 2.75) is 32.3 Å². The van der Waals surface area contributed by atoms with Crippen molar-refractivity contribution in [3.05, 3.63) is 35.9 Å². The Kier molecular flexibility index (Phi) is 5.53. The molecular weight excluding hydrogens is 342 g/mol. The zero-order valence-corrected chi connectivity index (χ0v) is 14.1. The molecule has 0 spiro atoms. The van der Waals surface area contributed by atoms with Crippen LogP contribution in [0.15, 0.2) is 40.6 Å². The van der Waals surface area contributed by atoms with Crippen LogP contribution in [0.2, 0.25) is 0 Å². The summed E-state index contributed by atoms with van der Waals surface area (Å²) in [6.45, 7) is 2.53. The molecule has 0 saturated heterocycles. The molecule has 1 aromatic carbocycles. The number of oxime groups is 2. The zero-order chi connectivity index (χ0) is 17.8. The Bertz CT molecular complexity index is 731. The second kappa shape index (κ2) is 7.25. The minimum Gasteiger partial charge on any atom is -0.389 e. The Morgan fingerprint density at radius 2 is 2.04 bits per heavy atom. The third kappa shape index (κ3) is 4.98. The Balaban J connectivity index is 2.22. The van der Waals surface area contributed by atoms with Crippen molar-refractivity contribution < 1.29 is 26.9 Å². The van der Waals surface area contributed by atoms with Gasteiger partial charge in [-0.1, -0.05) is 40.6 Å². The van der Waals surface area contributed by atoms with Crippen LogP contribution in [0.4, 0.5) is 8.78 Å². The predicted octanol–water partition coefficient (Wildman–Crippen LogP) is 2.60. The Morgan fingerprint density at radius 1 is 1.38 bits per heavy atom.